The first-order valence-corrected chi connectivity index (χ1v) is 6.43. The van der Waals surface area contributed by atoms with E-state index in [1.807, 2.05) is 13.8 Å². The van der Waals surface area contributed by atoms with Crippen LogP contribution in [0.5, 0.6) is 0 Å². The Morgan fingerprint density at radius 3 is 2.20 bits per heavy atom. The van der Waals surface area contributed by atoms with Gasteiger partial charge in [-0.1, -0.05) is 19.8 Å². The molecular weight excluding hydrogens is 254 g/mol. The summed E-state index contributed by atoms with van der Waals surface area (Å²) in [4.78, 5) is 24.9. The summed E-state index contributed by atoms with van der Waals surface area (Å²) in [5, 5.41) is 9.11. The zero-order valence-electron chi connectivity index (χ0n) is 11.9. The second kappa shape index (κ2) is 6.76. The molecule has 1 N–H and O–H groups in total. The third-order valence-corrected chi connectivity index (χ3v) is 2.92. The average molecular weight is 272 g/mol. The Morgan fingerprint density at radius 1 is 1.25 bits per heavy atom. The lowest BCUT2D eigenvalue weighted by atomic mass is 10.1. The number of carbonyl (C=O) groups is 2. The SMILES string of the molecule is [C]#Cc1ccc(C(=O)N(CC(C)C)C(C)C(=O)O)cc1. The summed E-state index contributed by atoms with van der Waals surface area (Å²) in [5.41, 5.74) is 0.987. The van der Waals surface area contributed by atoms with E-state index in [0.717, 1.165) is 0 Å². The molecule has 0 fully saturated rings. The van der Waals surface area contributed by atoms with E-state index in [1.54, 1.807) is 24.3 Å². The van der Waals surface area contributed by atoms with Crippen molar-refractivity contribution in [3.05, 3.63) is 41.8 Å². The van der Waals surface area contributed by atoms with Crippen molar-refractivity contribution in [2.75, 3.05) is 6.54 Å². The molecule has 1 radical (unpaired) electrons. The number of amides is 1. The molecule has 0 aromatic heterocycles. The molecule has 4 nitrogen and oxygen atoms in total. The number of hydrogen-bond donors (Lipinski definition) is 1. The van der Waals surface area contributed by atoms with Crippen molar-refractivity contribution in [3.63, 3.8) is 0 Å². The summed E-state index contributed by atoms with van der Waals surface area (Å²) in [6.07, 6.45) is 7.00. The topological polar surface area (TPSA) is 57.6 Å². The lowest BCUT2D eigenvalue weighted by Gasteiger charge is -2.28. The molecule has 1 amide bonds. The highest BCUT2D eigenvalue weighted by Crippen LogP contribution is 2.12. The highest BCUT2D eigenvalue weighted by molar-refractivity contribution is 5.96. The van der Waals surface area contributed by atoms with Gasteiger partial charge in [0.25, 0.3) is 5.91 Å². The third kappa shape index (κ3) is 3.86. The maximum absolute atomic E-state index is 12.4. The van der Waals surface area contributed by atoms with E-state index in [-0.39, 0.29) is 11.8 Å². The number of carbonyl (C=O) groups excluding carboxylic acids is 1. The van der Waals surface area contributed by atoms with Gasteiger partial charge in [0.15, 0.2) is 0 Å². The van der Waals surface area contributed by atoms with Gasteiger partial charge in [0.1, 0.15) is 6.04 Å². The standard InChI is InChI=1S/C16H18NO3/c1-5-13-6-8-14(9-7-13)15(18)17(10-11(2)3)12(4)16(19)20/h6-9,11-12H,10H2,2-4H3,(H,19,20). The molecule has 1 unspecified atom stereocenters. The average Bonchev–Trinajstić information content (AvgIpc) is 2.43. The summed E-state index contributed by atoms with van der Waals surface area (Å²) in [5.74, 6) is 1.06. The van der Waals surface area contributed by atoms with E-state index in [2.05, 4.69) is 5.92 Å². The molecule has 4 heteroatoms. The van der Waals surface area contributed by atoms with Crippen molar-refractivity contribution in [3.8, 4) is 5.92 Å². The van der Waals surface area contributed by atoms with Crippen LogP contribution in [0.2, 0.25) is 0 Å². The minimum absolute atomic E-state index is 0.176. The van der Waals surface area contributed by atoms with Gasteiger partial charge in [-0.05, 0) is 43.5 Å². The summed E-state index contributed by atoms with van der Waals surface area (Å²) >= 11 is 0. The molecule has 0 aliphatic rings. The lowest BCUT2D eigenvalue weighted by Crippen LogP contribution is -2.45. The Bertz CT molecular complexity index is 526. The van der Waals surface area contributed by atoms with Gasteiger partial charge < -0.3 is 10.0 Å². The van der Waals surface area contributed by atoms with E-state index in [9.17, 15) is 9.59 Å². The van der Waals surface area contributed by atoms with Gasteiger partial charge in [-0.25, -0.2) is 4.79 Å². The number of hydrogen-bond acceptors (Lipinski definition) is 2. The highest BCUT2D eigenvalue weighted by Gasteiger charge is 2.26. The van der Waals surface area contributed by atoms with E-state index in [0.29, 0.717) is 17.7 Å². The highest BCUT2D eigenvalue weighted by atomic mass is 16.4. The van der Waals surface area contributed by atoms with Crippen LogP contribution in [0, 0.1) is 18.3 Å². The van der Waals surface area contributed by atoms with Crippen LogP contribution in [0.4, 0.5) is 0 Å². The van der Waals surface area contributed by atoms with Gasteiger partial charge in [-0.3, -0.25) is 4.79 Å². The second-order valence-electron chi connectivity index (χ2n) is 5.07. The van der Waals surface area contributed by atoms with Crippen molar-refractivity contribution in [1.82, 2.24) is 4.90 Å². The second-order valence-corrected chi connectivity index (χ2v) is 5.07. The Kier molecular flexibility index (Phi) is 5.33. The van der Waals surface area contributed by atoms with Crippen LogP contribution in [-0.4, -0.2) is 34.5 Å². The van der Waals surface area contributed by atoms with E-state index < -0.39 is 12.0 Å². The van der Waals surface area contributed by atoms with Crippen molar-refractivity contribution in [2.45, 2.75) is 26.8 Å². The third-order valence-electron chi connectivity index (χ3n) is 2.92. The van der Waals surface area contributed by atoms with Crippen molar-refractivity contribution in [1.29, 1.82) is 0 Å². The molecule has 1 aromatic rings. The van der Waals surface area contributed by atoms with Crippen molar-refractivity contribution < 1.29 is 14.7 Å². The van der Waals surface area contributed by atoms with Crippen LogP contribution in [-0.2, 0) is 4.79 Å². The van der Waals surface area contributed by atoms with Crippen LogP contribution in [0.25, 0.3) is 0 Å². The first kappa shape index (κ1) is 15.8. The zero-order valence-corrected chi connectivity index (χ0v) is 11.9. The fourth-order valence-electron chi connectivity index (χ4n) is 1.81. The van der Waals surface area contributed by atoms with E-state index >= 15 is 0 Å². The van der Waals surface area contributed by atoms with Gasteiger partial charge in [0.05, 0.1) is 0 Å². The molecule has 1 atom stereocenters. The quantitative estimate of drug-likeness (QED) is 0.836. The van der Waals surface area contributed by atoms with Crippen LogP contribution >= 0.6 is 0 Å². The van der Waals surface area contributed by atoms with E-state index in [4.69, 9.17) is 11.5 Å². The summed E-state index contributed by atoms with van der Waals surface area (Å²) in [6.45, 7) is 5.75. The molecule has 0 heterocycles. The van der Waals surface area contributed by atoms with Crippen LogP contribution in [0.3, 0.4) is 0 Å². The fourth-order valence-corrected chi connectivity index (χ4v) is 1.81. The first-order chi connectivity index (χ1) is 9.36. The maximum Gasteiger partial charge on any atom is 0.326 e. The van der Waals surface area contributed by atoms with Gasteiger partial charge in [-0.15, -0.1) is 0 Å². The molecule has 0 spiro atoms. The molecule has 1 rings (SSSR count). The largest absolute Gasteiger partial charge is 0.480 e. The van der Waals surface area contributed by atoms with Crippen LogP contribution in [0.1, 0.15) is 36.7 Å². The number of benzene rings is 1. The normalized spacial score (nSPS) is 11.8. The molecule has 0 aliphatic heterocycles. The van der Waals surface area contributed by atoms with Crippen molar-refractivity contribution in [2.24, 2.45) is 5.92 Å². The minimum atomic E-state index is -1.02. The lowest BCUT2D eigenvalue weighted by molar-refractivity contribution is -0.141. The molecular formula is C16H18NO3. The number of carboxylic acid groups (broad SMARTS) is 1. The molecule has 0 bridgehead atoms. The summed E-state index contributed by atoms with van der Waals surface area (Å²) in [6, 6.07) is 5.51. The number of rotatable bonds is 5. The molecule has 0 aliphatic carbocycles. The number of carboxylic acids is 1. The van der Waals surface area contributed by atoms with Crippen molar-refractivity contribution >= 4 is 11.9 Å². The Morgan fingerprint density at radius 2 is 1.80 bits per heavy atom. The maximum atomic E-state index is 12.4. The Balaban J connectivity index is 3.03. The molecule has 0 saturated carbocycles. The minimum Gasteiger partial charge on any atom is -0.480 e. The Labute approximate surface area is 119 Å². The predicted molar refractivity (Wildman–Crippen MR) is 75.6 cm³/mol. The smallest absolute Gasteiger partial charge is 0.326 e. The van der Waals surface area contributed by atoms with E-state index in [1.165, 1.54) is 11.8 Å². The Hall–Kier alpha value is -2.28. The summed E-state index contributed by atoms with van der Waals surface area (Å²) < 4.78 is 0. The number of nitrogens with zero attached hydrogens (tertiary/aromatic N) is 1. The van der Waals surface area contributed by atoms with Gasteiger partial charge in [-0.2, -0.15) is 0 Å². The molecule has 20 heavy (non-hydrogen) atoms. The van der Waals surface area contributed by atoms with Crippen LogP contribution in [0.15, 0.2) is 24.3 Å². The molecule has 1 aromatic carbocycles. The fraction of sp³-hybridized carbons (Fsp3) is 0.375. The van der Waals surface area contributed by atoms with Gasteiger partial charge in [0, 0.05) is 17.7 Å². The van der Waals surface area contributed by atoms with Gasteiger partial charge >= 0.3 is 5.97 Å². The molecule has 105 valence electrons. The number of aliphatic carboxylic acids is 1. The molecule has 0 saturated heterocycles. The summed E-state index contributed by atoms with van der Waals surface area (Å²) in [7, 11) is 0. The predicted octanol–water partition coefficient (Wildman–Crippen LogP) is 2.20. The monoisotopic (exact) mass is 272 g/mol. The zero-order chi connectivity index (χ0) is 15.3. The first-order valence-electron chi connectivity index (χ1n) is 6.43. The van der Waals surface area contributed by atoms with Crippen LogP contribution < -0.4 is 0 Å². The van der Waals surface area contributed by atoms with Gasteiger partial charge in [0.2, 0.25) is 0 Å².